The Bertz CT molecular complexity index is 3690. The minimum absolute atomic E-state index is 0.0319. The van der Waals surface area contributed by atoms with Crippen LogP contribution in [0.25, 0.3) is 82.4 Å². The molecule has 0 spiro atoms. The van der Waals surface area contributed by atoms with Gasteiger partial charge in [-0.25, -0.2) is 0 Å². The Balaban J connectivity index is 1.32. The molecule has 10 rings (SSSR count). The van der Waals surface area contributed by atoms with Gasteiger partial charge in [-0.05, 0) is 80.5 Å². The lowest BCUT2D eigenvalue weighted by atomic mass is 9.91. The van der Waals surface area contributed by atoms with E-state index in [4.69, 9.17) is 20.6 Å². The highest BCUT2D eigenvalue weighted by atomic mass is 32.2. The van der Waals surface area contributed by atoms with Crippen LogP contribution in [0.2, 0.25) is 0 Å². The average Bonchev–Trinajstić information content (AvgIpc) is 3.64. The fraction of sp³-hybridized carbons (Fsp3) is 0. The fourth-order valence-corrected chi connectivity index (χ4v) is 7.38. The molecule has 0 unspecified atom stereocenters. The first kappa shape index (κ1) is 13.4. The van der Waals surface area contributed by atoms with E-state index in [1.165, 1.54) is 11.8 Å². The van der Waals surface area contributed by atoms with Gasteiger partial charge in [-0.15, -0.1) is 0 Å². The Morgan fingerprint density at radius 3 is 2.17 bits per heavy atom. The van der Waals surface area contributed by atoms with Crippen LogP contribution >= 0.6 is 11.8 Å². The maximum Gasteiger partial charge on any atom is 0.0652 e. The summed E-state index contributed by atoms with van der Waals surface area (Å²) in [5.74, 6) is 0. The summed E-state index contributed by atoms with van der Waals surface area (Å²) in [7, 11) is 0. The van der Waals surface area contributed by atoms with E-state index in [1.807, 2.05) is 12.1 Å². The number of rotatable bonds is 3. The van der Waals surface area contributed by atoms with Crippen LogP contribution in [0.5, 0.6) is 0 Å². The number of nitrogens with zero attached hydrogens (tertiary/aromatic N) is 1. The minimum atomic E-state index is -0.767. The van der Waals surface area contributed by atoms with Crippen molar-refractivity contribution in [2.75, 3.05) is 0 Å². The molecule has 46 heavy (non-hydrogen) atoms. The lowest BCUT2D eigenvalue weighted by molar-refractivity contribution is 1.19. The van der Waals surface area contributed by atoms with Gasteiger partial charge in [0.25, 0.3) is 0 Å². The standard InChI is InChI=1S/C44H27NS/c1-3-10-28(11-4-1)33-23-25-42-43-36(33)16-9-17-37(43)39-26-30(20-24-41(39)46-42)31-19-21-35-38-22-18-29-12-7-8-15-34(29)44(38)45(40(35)27-31)32-13-5-2-6-14-32/h1-27H/i1D,2D,3D,4D,5D,6D,7D,8D,10D,11D,12D,13D,14D,15D,18D,19D,21D,22D,27D. The molecule has 0 N–H and O–H groups in total. The summed E-state index contributed by atoms with van der Waals surface area (Å²) >= 11 is 1.41. The summed E-state index contributed by atoms with van der Waals surface area (Å²) in [5.41, 5.74) is 0.748. The predicted molar refractivity (Wildman–Crippen MR) is 196 cm³/mol. The molecule has 214 valence electrons. The van der Waals surface area contributed by atoms with Gasteiger partial charge < -0.3 is 4.57 Å². The topological polar surface area (TPSA) is 4.93 Å². The van der Waals surface area contributed by atoms with Gasteiger partial charge in [-0.3, -0.25) is 0 Å². The molecular weight excluding hydrogens is 575 g/mol. The third-order valence-electron chi connectivity index (χ3n) is 8.22. The zero-order chi connectivity index (χ0) is 46.7. The van der Waals surface area contributed by atoms with E-state index in [1.54, 1.807) is 36.4 Å². The van der Waals surface area contributed by atoms with Crippen molar-refractivity contribution in [3.63, 3.8) is 0 Å². The minimum Gasteiger partial charge on any atom is -0.309 e. The van der Waals surface area contributed by atoms with Crippen molar-refractivity contribution in [1.82, 2.24) is 4.57 Å². The van der Waals surface area contributed by atoms with Crippen molar-refractivity contribution in [3.05, 3.63) is 163 Å². The van der Waals surface area contributed by atoms with Gasteiger partial charge in [0.05, 0.1) is 37.1 Å². The van der Waals surface area contributed by atoms with Crippen molar-refractivity contribution < 1.29 is 26.0 Å². The lowest BCUT2D eigenvalue weighted by Gasteiger charge is -2.22. The third-order valence-corrected chi connectivity index (χ3v) is 9.36. The van der Waals surface area contributed by atoms with E-state index < -0.39 is 114 Å². The SMILES string of the molecule is [2H]c1c([2H])c([2H])c(-c2ccc3c4c(cccc24)-c2cc(-c4c([2H])c([2H])c5c6c([2H])c([2H])c7c([2H])c([2H])c([2H])c([2H])c7c6n(-c6c([2H])c([2H])c([2H])c([2H])c6[2H])c5c4[2H])ccc2S3)c([2H])c1[2H]. The van der Waals surface area contributed by atoms with E-state index in [0.717, 1.165) is 14.4 Å². The van der Waals surface area contributed by atoms with Crippen LogP contribution in [-0.2, 0) is 0 Å². The Kier molecular flexibility index (Phi) is 2.91. The number of hydrogen-bond acceptors (Lipinski definition) is 1. The summed E-state index contributed by atoms with van der Waals surface area (Å²) in [6.45, 7) is 0. The Morgan fingerprint density at radius 1 is 0.500 bits per heavy atom. The van der Waals surface area contributed by atoms with Gasteiger partial charge in [0.15, 0.2) is 0 Å². The molecule has 9 aromatic rings. The molecule has 0 amide bonds. The maximum atomic E-state index is 9.90. The van der Waals surface area contributed by atoms with Crippen molar-refractivity contribution in [3.8, 4) is 39.1 Å². The lowest BCUT2D eigenvalue weighted by Crippen LogP contribution is -1.95. The number of aromatic nitrogens is 1. The van der Waals surface area contributed by atoms with E-state index in [2.05, 4.69) is 0 Å². The molecule has 0 fully saturated rings. The van der Waals surface area contributed by atoms with Crippen LogP contribution in [0, 0.1) is 0 Å². The van der Waals surface area contributed by atoms with Crippen LogP contribution < -0.4 is 0 Å². The number of fused-ring (bicyclic) bond motifs is 7. The van der Waals surface area contributed by atoms with Crippen molar-refractivity contribution in [1.29, 1.82) is 0 Å². The Labute approximate surface area is 298 Å². The van der Waals surface area contributed by atoms with Gasteiger partial charge >= 0.3 is 0 Å². The quantitative estimate of drug-likeness (QED) is 0.190. The molecular formula is C44H27NS. The van der Waals surface area contributed by atoms with Crippen LogP contribution in [-0.4, -0.2) is 4.57 Å². The van der Waals surface area contributed by atoms with Crippen molar-refractivity contribution in [2.45, 2.75) is 9.79 Å². The Hall–Kier alpha value is -5.57. The zero-order valence-corrected chi connectivity index (χ0v) is 24.3. The molecule has 0 saturated carbocycles. The first-order chi connectivity index (χ1) is 30.7. The van der Waals surface area contributed by atoms with E-state index in [-0.39, 0.29) is 56.0 Å². The largest absolute Gasteiger partial charge is 0.309 e. The molecule has 2 heteroatoms. The highest BCUT2D eigenvalue weighted by molar-refractivity contribution is 7.99. The average molecular weight is 621 g/mol. The number of para-hydroxylation sites is 1. The molecule has 2 heterocycles. The first-order valence-electron chi connectivity index (χ1n) is 23.7. The summed E-state index contributed by atoms with van der Waals surface area (Å²) < 4.78 is 169. The van der Waals surface area contributed by atoms with E-state index in [0.29, 0.717) is 27.5 Å². The van der Waals surface area contributed by atoms with Gasteiger partial charge in [0, 0.05) is 37.0 Å². The zero-order valence-electron chi connectivity index (χ0n) is 42.5. The van der Waals surface area contributed by atoms with Gasteiger partial charge in [0.2, 0.25) is 0 Å². The molecule has 1 aromatic heterocycles. The van der Waals surface area contributed by atoms with E-state index in [9.17, 15) is 5.48 Å². The highest BCUT2D eigenvalue weighted by Gasteiger charge is 2.22. The third kappa shape index (κ3) is 3.77. The summed E-state index contributed by atoms with van der Waals surface area (Å²) in [5, 5.41) is 0.0200. The number of benzene rings is 8. The van der Waals surface area contributed by atoms with Crippen LogP contribution in [0.1, 0.15) is 26.0 Å². The number of hydrogen-bond donors (Lipinski definition) is 0. The van der Waals surface area contributed by atoms with Crippen molar-refractivity contribution >= 4 is 55.1 Å². The van der Waals surface area contributed by atoms with Crippen LogP contribution in [0.15, 0.2) is 173 Å². The van der Waals surface area contributed by atoms with Crippen LogP contribution in [0.3, 0.4) is 0 Å². The summed E-state index contributed by atoms with van der Waals surface area (Å²) in [6, 6.07) is 2.56. The van der Waals surface area contributed by atoms with Crippen molar-refractivity contribution in [2.24, 2.45) is 0 Å². The molecule has 1 aliphatic rings. The van der Waals surface area contributed by atoms with Gasteiger partial charge in [-0.2, -0.15) is 0 Å². The predicted octanol–water partition coefficient (Wildman–Crippen LogP) is 12.6. The second kappa shape index (κ2) is 9.97. The summed E-state index contributed by atoms with van der Waals surface area (Å²) in [4.78, 5) is 1.59. The molecule has 1 aliphatic heterocycles. The maximum absolute atomic E-state index is 9.90. The first-order valence-corrected chi connectivity index (χ1v) is 15.0. The second-order valence-corrected chi connectivity index (χ2v) is 11.7. The monoisotopic (exact) mass is 620 g/mol. The molecule has 1 nitrogen and oxygen atoms in total. The smallest absolute Gasteiger partial charge is 0.0652 e. The second-order valence-electron chi connectivity index (χ2n) is 10.7. The molecule has 0 radical (unpaired) electrons. The normalized spacial score (nSPS) is 18.0. The Morgan fingerprint density at radius 2 is 1.28 bits per heavy atom. The summed E-state index contributed by atoms with van der Waals surface area (Å²) in [6.07, 6.45) is 0. The van der Waals surface area contributed by atoms with Gasteiger partial charge in [-0.1, -0.05) is 139 Å². The van der Waals surface area contributed by atoms with E-state index >= 15 is 0 Å². The highest BCUT2D eigenvalue weighted by Crippen LogP contribution is 2.50. The fourth-order valence-electron chi connectivity index (χ4n) is 6.27. The molecule has 0 aliphatic carbocycles. The molecule has 0 saturated heterocycles. The molecule has 0 bridgehead atoms. The molecule has 0 atom stereocenters. The van der Waals surface area contributed by atoms with Gasteiger partial charge in [0.1, 0.15) is 0 Å². The molecule has 8 aromatic carbocycles. The van der Waals surface area contributed by atoms with Crippen LogP contribution in [0.4, 0.5) is 0 Å².